The molecule has 3 aromatic rings. The Morgan fingerprint density at radius 1 is 0.880 bits per heavy atom. The van der Waals surface area contributed by atoms with Crippen LogP contribution in [0.4, 0.5) is 5.69 Å². The molecule has 0 aliphatic rings. The highest BCUT2D eigenvalue weighted by atomic mass is 16.3. The number of rotatable bonds is 6. The van der Waals surface area contributed by atoms with Crippen LogP contribution in [0.5, 0.6) is 0 Å². The van der Waals surface area contributed by atoms with Crippen LogP contribution >= 0.6 is 0 Å². The minimum atomic E-state index is -1.65. The Balaban J connectivity index is 1.92. The van der Waals surface area contributed by atoms with Gasteiger partial charge in [0.05, 0.1) is 6.54 Å². The van der Waals surface area contributed by atoms with E-state index in [1.807, 2.05) is 55.5 Å². The van der Waals surface area contributed by atoms with Crippen molar-refractivity contribution in [2.24, 2.45) is 0 Å². The van der Waals surface area contributed by atoms with E-state index in [1.54, 1.807) is 36.4 Å². The monoisotopic (exact) mass is 331 g/mol. The van der Waals surface area contributed by atoms with Gasteiger partial charge in [-0.1, -0.05) is 78.4 Å². The normalized spacial score (nSPS) is 13.0. The number of hydrogen-bond acceptors (Lipinski definition) is 3. The molecule has 25 heavy (non-hydrogen) atoms. The van der Waals surface area contributed by atoms with E-state index in [0.29, 0.717) is 11.1 Å². The lowest BCUT2D eigenvalue weighted by Crippen LogP contribution is -2.42. The first-order chi connectivity index (χ1) is 12.1. The largest absolute Gasteiger partial charge is 0.381 e. The van der Waals surface area contributed by atoms with Gasteiger partial charge in [-0.2, -0.15) is 0 Å². The fourth-order valence-corrected chi connectivity index (χ4v) is 2.76. The van der Waals surface area contributed by atoms with Crippen LogP contribution in [0.1, 0.15) is 21.5 Å². The molecule has 0 radical (unpaired) electrons. The third-order valence-electron chi connectivity index (χ3n) is 4.26. The van der Waals surface area contributed by atoms with Gasteiger partial charge in [0.1, 0.15) is 0 Å². The average molecular weight is 331 g/mol. The number of carbonyl (C=O) groups excluding carboxylic acids is 1. The molecule has 0 aliphatic carbocycles. The highest BCUT2D eigenvalue weighted by molar-refractivity contribution is 6.03. The van der Waals surface area contributed by atoms with Gasteiger partial charge in [0, 0.05) is 11.3 Å². The van der Waals surface area contributed by atoms with Crippen molar-refractivity contribution >= 4 is 11.5 Å². The molecule has 3 rings (SSSR count). The molecule has 0 saturated carbocycles. The standard InChI is InChI=1S/C22H21NO2/c1-17-12-14-20(15-13-17)23-16-22(25,19-10-6-3-7-11-19)21(24)18-8-4-2-5-9-18/h2-15,23,25H,16H2,1H3/t22-/m1/s1. The van der Waals surface area contributed by atoms with Crippen molar-refractivity contribution in [1.29, 1.82) is 0 Å². The number of benzene rings is 3. The summed E-state index contributed by atoms with van der Waals surface area (Å²) in [5.74, 6) is -0.320. The summed E-state index contributed by atoms with van der Waals surface area (Å²) in [4.78, 5) is 13.1. The number of Topliss-reactive ketones (excluding diaryl/α,β-unsaturated/α-hetero) is 1. The highest BCUT2D eigenvalue weighted by Crippen LogP contribution is 2.27. The lowest BCUT2D eigenvalue weighted by molar-refractivity contribution is 0.0364. The van der Waals surface area contributed by atoms with E-state index in [9.17, 15) is 9.90 Å². The molecule has 0 aromatic heterocycles. The van der Waals surface area contributed by atoms with E-state index < -0.39 is 5.60 Å². The minimum absolute atomic E-state index is 0.0911. The van der Waals surface area contributed by atoms with E-state index >= 15 is 0 Å². The molecule has 3 nitrogen and oxygen atoms in total. The Hall–Kier alpha value is -2.91. The van der Waals surface area contributed by atoms with Crippen LogP contribution in [-0.2, 0) is 5.60 Å². The lowest BCUT2D eigenvalue weighted by Gasteiger charge is -2.28. The molecular weight excluding hydrogens is 310 g/mol. The van der Waals surface area contributed by atoms with Crippen LogP contribution in [-0.4, -0.2) is 17.4 Å². The summed E-state index contributed by atoms with van der Waals surface area (Å²) in [6.07, 6.45) is 0. The first kappa shape index (κ1) is 16.9. The maximum atomic E-state index is 13.1. The Morgan fingerprint density at radius 2 is 1.44 bits per heavy atom. The highest BCUT2D eigenvalue weighted by Gasteiger charge is 2.38. The van der Waals surface area contributed by atoms with E-state index in [-0.39, 0.29) is 12.3 Å². The number of aryl methyl sites for hydroxylation is 1. The van der Waals surface area contributed by atoms with Crippen molar-refractivity contribution in [1.82, 2.24) is 0 Å². The van der Waals surface area contributed by atoms with Gasteiger partial charge in [-0.25, -0.2) is 0 Å². The zero-order chi connectivity index (χ0) is 17.7. The summed E-state index contributed by atoms with van der Waals surface area (Å²) in [5.41, 5.74) is 1.43. The van der Waals surface area contributed by atoms with Crippen molar-refractivity contribution in [3.63, 3.8) is 0 Å². The molecule has 0 heterocycles. The number of ketones is 1. The van der Waals surface area contributed by atoms with Crippen molar-refractivity contribution in [3.8, 4) is 0 Å². The molecule has 3 heteroatoms. The third kappa shape index (κ3) is 3.78. The van der Waals surface area contributed by atoms with Crippen LogP contribution < -0.4 is 5.32 Å². The van der Waals surface area contributed by atoms with Gasteiger partial charge in [-0.15, -0.1) is 0 Å². The average Bonchev–Trinajstić information content (AvgIpc) is 2.68. The predicted molar refractivity (Wildman–Crippen MR) is 101 cm³/mol. The second kappa shape index (κ2) is 7.32. The molecule has 2 N–H and O–H groups in total. The fourth-order valence-electron chi connectivity index (χ4n) is 2.76. The molecule has 0 aliphatic heterocycles. The lowest BCUT2D eigenvalue weighted by atomic mass is 9.85. The van der Waals surface area contributed by atoms with Crippen molar-refractivity contribution < 1.29 is 9.90 Å². The second-order valence-corrected chi connectivity index (χ2v) is 6.14. The molecule has 0 saturated heterocycles. The van der Waals surface area contributed by atoms with Crippen LogP contribution in [0.15, 0.2) is 84.9 Å². The van der Waals surface area contributed by atoms with Gasteiger partial charge in [0.25, 0.3) is 0 Å². The molecule has 0 amide bonds. The van der Waals surface area contributed by atoms with Crippen LogP contribution in [0.25, 0.3) is 0 Å². The molecular formula is C22H21NO2. The first-order valence-corrected chi connectivity index (χ1v) is 8.28. The van der Waals surface area contributed by atoms with Crippen LogP contribution in [0.2, 0.25) is 0 Å². The van der Waals surface area contributed by atoms with Crippen molar-refractivity contribution in [2.45, 2.75) is 12.5 Å². The van der Waals surface area contributed by atoms with Gasteiger partial charge in [0.15, 0.2) is 5.60 Å². The van der Waals surface area contributed by atoms with Crippen LogP contribution in [0.3, 0.4) is 0 Å². The Labute approximate surface area is 148 Å². The van der Waals surface area contributed by atoms with Gasteiger partial charge in [-0.3, -0.25) is 4.79 Å². The second-order valence-electron chi connectivity index (χ2n) is 6.14. The first-order valence-electron chi connectivity index (χ1n) is 8.28. The summed E-state index contributed by atoms with van der Waals surface area (Å²) >= 11 is 0. The minimum Gasteiger partial charge on any atom is -0.381 e. The maximum Gasteiger partial charge on any atom is 0.200 e. The van der Waals surface area contributed by atoms with Gasteiger partial charge in [0.2, 0.25) is 5.78 Å². The summed E-state index contributed by atoms with van der Waals surface area (Å²) in [7, 11) is 0. The topological polar surface area (TPSA) is 49.3 Å². The smallest absolute Gasteiger partial charge is 0.200 e. The quantitative estimate of drug-likeness (QED) is 0.666. The number of anilines is 1. The van der Waals surface area contributed by atoms with Gasteiger partial charge in [-0.05, 0) is 24.6 Å². The summed E-state index contributed by atoms with van der Waals surface area (Å²) in [6, 6.07) is 25.8. The predicted octanol–water partition coefficient (Wildman–Crippen LogP) is 4.18. The van der Waals surface area contributed by atoms with Crippen molar-refractivity contribution in [2.75, 3.05) is 11.9 Å². The Morgan fingerprint density at radius 3 is 2.04 bits per heavy atom. The summed E-state index contributed by atoms with van der Waals surface area (Å²) in [5, 5.41) is 14.5. The molecule has 126 valence electrons. The molecule has 3 aromatic carbocycles. The van der Waals surface area contributed by atoms with Gasteiger partial charge >= 0.3 is 0 Å². The number of aliphatic hydroxyl groups is 1. The maximum absolute atomic E-state index is 13.1. The van der Waals surface area contributed by atoms with E-state index in [2.05, 4.69) is 5.32 Å². The number of nitrogens with one attached hydrogen (secondary N) is 1. The molecule has 0 spiro atoms. The molecule has 0 bridgehead atoms. The number of carbonyl (C=O) groups is 1. The van der Waals surface area contributed by atoms with E-state index in [1.165, 1.54) is 0 Å². The van der Waals surface area contributed by atoms with E-state index in [0.717, 1.165) is 11.3 Å². The van der Waals surface area contributed by atoms with E-state index in [4.69, 9.17) is 0 Å². The number of hydrogen-bond donors (Lipinski definition) is 2. The fraction of sp³-hybridized carbons (Fsp3) is 0.136. The third-order valence-corrected chi connectivity index (χ3v) is 4.26. The Bertz CT molecular complexity index is 829. The summed E-state index contributed by atoms with van der Waals surface area (Å²) < 4.78 is 0. The Kier molecular flexibility index (Phi) is 4.96. The SMILES string of the molecule is Cc1ccc(NC[C@](O)(C(=O)c2ccccc2)c2ccccc2)cc1. The summed E-state index contributed by atoms with van der Waals surface area (Å²) in [6.45, 7) is 2.11. The molecule has 1 atom stereocenters. The van der Waals surface area contributed by atoms with Crippen LogP contribution in [0, 0.1) is 6.92 Å². The molecule has 0 unspecified atom stereocenters. The van der Waals surface area contributed by atoms with Crippen molar-refractivity contribution in [3.05, 3.63) is 102 Å². The zero-order valence-corrected chi connectivity index (χ0v) is 14.1. The van der Waals surface area contributed by atoms with Gasteiger partial charge < -0.3 is 10.4 Å². The molecule has 0 fully saturated rings. The zero-order valence-electron chi connectivity index (χ0n) is 14.1.